The number of nitrogens with zero attached hydrogens (tertiary/aromatic N) is 2. The van der Waals surface area contributed by atoms with Crippen molar-refractivity contribution < 1.29 is 13.6 Å². The molecule has 1 aromatic heterocycles. The van der Waals surface area contributed by atoms with E-state index < -0.39 is 23.1 Å². The number of aromatic nitrogens is 2. The van der Waals surface area contributed by atoms with E-state index in [-0.39, 0.29) is 5.91 Å². The molecule has 0 fully saturated rings. The van der Waals surface area contributed by atoms with E-state index >= 15 is 0 Å². The number of halogens is 4. The van der Waals surface area contributed by atoms with Gasteiger partial charge in [-0.1, -0.05) is 37.0 Å². The van der Waals surface area contributed by atoms with E-state index in [1.807, 2.05) is 0 Å². The molecule has 0 radical (unpaired) electrons. The molecule has 158 valence electrons. The Hall–Kier alpha value is -2.64. The van der Waals surface area contributed by atoms with Crippen LogP contribution in [0.3, 0.4) is 0 Å². The molecular weight excluding hydrogens is 433 g/mol. The summed E-state index contributed by atoms with van der Waals surface area (Å²) in [5.41, 5.74) is 3.49. The van der Waals surface area contributed by atoms with Crippen LogP contribution in [0.1, 0.15) is 32.0 Å². The third kappa shape index (κ3) is 4.91. The first-order valence-corrected chi connectivity index (χ1v) is 9.87. The molecule has 0 saturated heterocycles. The number of anilines is 1. The van der Waals surface area contributed by atoms with Crippen molar-refractivity contribution in [2.24, 2.45) is 0 Å². The number of hydrogen-bond donors (Lipinski definition) is 2. The minimum atomic E-state index is -0.775. The van der Waals surface area contributed by atoms with Gasteiger partial charge in [0.2, 0.25) is 0 Å². The fraction of sp³-hybridized carbons (Fsp3) is 0.238. The molecule has 9 heteroatoms. The van der Waals surface area contributed by atoms with Gasteiger partial charge in [-0.3, -0.25) is 4.79 Å². The molecule has 0 aliphatic heterocycles. The van der Waals surface area contributed by atoms with Crippen molar-refractivity contribution in [1.82, 2.24) is 9.89 Å². The molecule has 3 rings (SSSR count). The Morgan fingerprint density at radius 3 is 2.37 bits per heavy atom. The van der Waals surface area contributed by atoms with Gasteiger partial charge >= 0.3 is 0 Å². The second kappa shape index (κ2) is 8.62. The Morgan fingerprint density at radius 1 is 1.07 bits per heavy atom. The molecule has 30 heavy (non-hydrogen) atoms. The molecule has 2 aromatic carbocycles. The van der Waals surface area contributed by atoms with Crippen LogP contribution in [0.4, 0.5) is 14.5 Å². The second-order valence-electron chi connectivity index (χ2n) is 7.40. The average molecular weight is 453 g/mol. The summed E-state index contributed by atoms with van der Waals surface area (Å²) in [4.78, 5) is 13.8. The number of carbonyl (C=O) groups excluding carboxylic acids is 1. The van der Waals surface area contributed by atoms with Gasteiger partial charge in [0.1, 0.15) is 17.7 Å². The average Bonchev–Trinajstić information content (AvgIpc) is 3.13. The lowest BCUT2D eigenvalue weighted by atomic mass is 9.81. The minimum absolute atomic E-state index is 0.342. The van der Waals surface area contributed by atoms with Crippen LogP contribution < -0.4 is 10.7 Å². The quantitative estimate of drug-likeness (QED) is 0.528. The monoisotopic (exact) mass is 452 g/mol. The first kappa shape index (κ1) is 22.1. The molecule has 0 unspecified atom stereocenters. The van der Waals surface area contributed by atoms with Crippen LogP contribution in [0.15, 0.2) is 48.7 Å². The topological polar surface area (TPSA) is 59.0 Å². The normalized spacial score (nSPS) is 12.5. The maximum Gasteiger partial charge on any atom is 0.262 e. The lowest BCUT2D eigenvalue weighted by molar-refractivity contribution is -0.117. The van der Waals surface area contributed by atoms with Gasteiger partial charge in [-0.05, 0) is 48.9 Å². The van der Waals surface area contributed by atoms with Crippen molar-refractivity contribution >= 4 is 34.8 Å². The molecular formula is C21H20Cl2F2N4O. The lowest BCUT2D eigenvalue weighted by Gasteiger charge is -2.23. The van der Waals surface area contributed by atoms with E-state index in [0.717, 1.165) is 6.07 Å². The predicted molar refractivity (Wildman–Crippen MR) is 115 cm³/mol. The number of nitrogens with one attached hydrogen (secondary N) is 2. The van der Waals surface area contributed by atoms with Crippen LogP contribution in [-0.2, 0) is 10.2 Å². The SMILES string of the molecule is C[C@H](Nc1ccc(Cl)c(Cl)c1)C(=O)Nn1ccc(C(C)(C)c2cc(F)cc(F)c2)n1. The first-order valence-electron chi connectivity index (χ1n) is 9.11. The molecule has 5 nitrogen and oxygen atoms in total. The van der Waals surface area contributed by atoms with Crippen molar-refractivity contribution in [3.8, 4) is 0 Å². The van der Waals surface area contributed by atoms with Gasteiger partial charge in [-0.2, -0.15) is 9.89 Å². The van der Waals surface area contributed by atoms with E-state index in [0.29, 0.717) is 27.0 Å². The highest BCUT2D eigenvalue weighted by molar-refractivity contribution is 6.42. The van der Waals surface area contributed by atoms with E-state index in [9.17, 15) is 13.6 Å². The number of benzene rings is 2. The maximum atomic E-state index is 13.6. The minimum Gasteiger partial charge on any atom is -0.374 e. The number of carbonyl (C=O) groups is 1. The Bertz CT molecular complexity index is 1060. The lowest BCUT2D eigenvalue weighted by Crippen LogP contribution is -2.36. The number of hydrogen-bond acceptors (Lipinski definition) is 3. The molecule has 0 spiro atoms. The van der Waals surface area contributed by atoms with Crippen molar-refractivity contribution in [1.29, 1.82) is 0 Å². The Morgan fingerprint density at radius 2 is 1.73 bits per heavy atom. The Balaban J connectivity index is 1.71. The van der Waals surface area contributed by atoms with Gasteiger partial charge in [-0.25, -0.2) is 14.2 Å². The zero-order chi connectivity index (χ0) is 22.1. The Kier molecular flexibility index (Phi) is 6.33. The summed E-state index contributed by atoms with van der Waals surface area (Å²) in [6.45, 7) is 5.27. The molecule has 0 bridgehead atoms. The van der Waals surface area contributed by atoms with Gasteiger partial charge in [0, 0.05) is 23.4 Å². The van der Waals surface area contributed by atoms with Gasteiger partial charge < -0.3 is 5.32 Å². The van der Waals surface area contributed by atoms with Crippen molar-refractivity contribution in [2.75, 3.05) is 10.7 Å². The van der Waals surface area contributed by atoms with Crippen LogP contribution >= 0.6 is 23.2 Å². The largest absolute Gasteiger partial charge is 0.374 e. The van der Waals surface area contributed by atoms with Crippen LogP contribution in [0.2, 0.25) is 10.0 Å². The number of amides is 1. The van der Waals surface area contributed by atoms with E-state index in [1.54, 1.807) is 51.2 Å². The van der Waals surface area contributed by atoms with Gasteiger partial charge in [-0.15, -0.1) is 0 Å². The summed E-state index contributed by atoms with van der Waals surface area (Å²) in [5, 5.41) is 8.17. The molecule has 0 saturated carbocycles. The van der Waals surface area contributed by atoms with E-state index in [1.165, 1.54) is 16.9 Å². The molecule has 1 atom stereocenters. The summed E-state index contributed by atoms with van der Waals surface area (Å²) in [7, 11) is 0. The van der Waals surface area contributed by atoms with Gasteiger partial charge in [0.15, 0.2) is 0 Å². The predicted octanol–water partition coefficient (Wildman–Crippen LogP) is 5.36. The first-order chi connectivity index (χ1) is 14.1. The van der Waals surface area contributed by atoms with Crippen molar-refractivity contribution in [3.05, 3.63) is 81.6 Å². The molecule has 3 aromatic rings. The molecule has 2 N–H and O–H groups in total. The molecule has 0 aliphatic carbocycles. The highest BCUT2D eigenvalue weighted by Gasteiger charge is 2.27. The van der Waals surface area contributed by atoms with E-state index in [4.69, 9.17) is 23.2 Å². The third-order valence-electron chi connectivity index (χ3n) is 4.73. The third-order valence-corrected chi connectivity index (χ3v) is 5.47. The Labute approximate surface area is 183 Å². The smallest absolute Gasteiger partial charge is 0.262 e. The summed E-state index contributed by atoms with van der Waals surface area (Å²) in [5.74, 6) is -1.66. The maximum absolute atomic E-state index is 13.6. The van der Waals surface area contributed by atoms with Crippen molar-refractivity contribution in [3.63, 3.8) is 0 Å². The fourth-order valence-electron chi connectivity index (χ4n) is 2.89. The highest BCUT2D eigenvalue weighted by Crippen LogP contribution is 2.31. The second-order valence-corrected chi connectivity index (χ2v) is 8.21. The molecule has 1 amide bonds. The number of rotatable bonds is 6. The summed E-state index contributed by atoms with van der Waals surface area (Å²) in [6.07, 6.45) is 1.57. The van der Waals surface area contributed by atoms with Crippen LogP contribution in [0.5, 0.6) is 0 Å². The zero-order valence-corrected chi connectivity index (χ0v) is 18.0. The van der Waals surface area contributed by atoms with Gasteiger partial charge in [0.05, 0.1) is 15.7 Å². The van der Waals surface area contributed by atoms with E-state index in [2.05, 4.69) is 15.8 Å². The van der Waals surface area contributed by atoms with Gasteiger partial charge in [0.25, 0.3) is 5.91 Å². The fourth-order valence-corrected chi connectivity index (χ4v) is 3.19. The van der Waals surface area contributed by atoms with Crippen LogP contribution in [0.25, 0.3) is 0 Å². The molecule has 0 aliphatic rings. The standard InChI is InChI=1S/C21H20Cl2F2N4O/c1-12(26-16-4-5-17(22)18(23)11-16)20(30)28-29-7-6-19(27-29)21(2,3)13-8-14(24)10-15(25)9-13/h4-12,26H,1-3H3,(H,28,30)/t12-/m0/s1. The zero-order valence-electron chi connectivity index (χ0n) is 16.5. The summed E-state index contributed by atoms with van der Waals surface area (Å²) >= 11 is 11.9. The summed E-state index contributed by atoms with van der Waals surface area (Å²) in [6, 6.07) is 9.41. The van der Waals surface area contributed by atoms with Crippen molar-refractivity contribution in [2.45, 2.75) is 32.2 Å². The highest BCUT2D eigenvalue weighted by atomic mass is 35.5. The van der Waals surface area contributed by atoms with Crippen LogP contribution in [0, 0.1) is 11.6 Å². The molecule has 1 heterocycles. The van der Waals surface area contributed by atoms with Crippen LogP contribution in [-0.4, -0.2) is 21.8 Å². The summed E-state index contributed by atoms with van der Waals surface area (Å²) < 4.78 is 27.2.